The zero-order valence-corrected chi connectivity index (χ0v) is 17.2. The molecule has 2 aromatic carbocycles. The Morgan fingerprint density at radius 1 is 1.13 bits per heavy atom. The number of phenolic OH excluding ortho intramolecular Hbond substituents is 1. The fourth-order valence-corrected chi connectivity index (χ4v) is 4.40. The van der Waals surface area contributed by atoms with E-state index >= 15 is 0 Å². The molecule has 0 bridgehead atoms. The molecule has 0 aliphatic carbocycles. The van der Waals surface area contributed by atoms with Crippen molar-refractivity contribution in [1.82, 2.24) is 4.90 Å². The molecule has 8 heteroatoms. The number of Topliss-reactive ketones (excluding diaryl/α,β-unsaturated/α-hetero) is 1. The highest BCUT2D eigenvalue weighted by Crippen LogP contribution is 2.44. The number of likely N-dealkylation sites (tertiary alicyclic amines) is 1. The first kappa shape index (κ1) is 21.9. The Kier molecular flexibility index (Phi) is 6.48. The average Bonchev–Trinajstić information content (AvgIpc) is 3.16. The quantitative estimate of drug-likeness (QED) is 0.395. The lowest BCUT2D eigenvalue weighted by atomic mass is 9.90. The van der Waals surface area contributed by atoms with Crippen molar-refractivity contribution in [3.05, 3.63) is 65.7 Å². The molecule has 2 aromatic rings. The second-order valence-electron chi connectivity index (χ2n) is 7.35. The molecule has 158 valence electrons. The van der Waals surface area contributed by atoms with Gasteiger partial charge in [-0.3, -0.25) is 9.59 Å². The first-order valence-electron chi connectivity index (χ1n) is 9.62. The zero-order chi connectivity index (χ0) is 21.9. The van der Waals surface area contributed by atoms with E-state index in [1.54, 1.807) is 24.3 Å². The number of hydrogen-bond acceptors (Lipinski definition) is 6. The summed E-state index contributed by atoms with van der Waals surface area (Å²) in [7, 11) is 0. The molecule has 3 rings (SSSR count). The van der Waals surface area contributed by atoms with Crippen LogP contribution in [-0.4, -0.2) is 50.1 Å². The van der Waals surface area contributed by atoms with Gasteiger partial charge in [0.15, 0.2) is 5.78 Å². The number of carbonyl (C=O) groups excluding carboxylic acids is 2. The number of carbonyl (C=O) groups is 3. The van der Waals surface area contributed by atoms with Crippen LogP contribution in [0.15, 0.2) is 54.6 Å². The van der Waals surface area contributed by atoms with Gasteiger partial charge in [-0.15, -0.1) is 0 Å². The molecule has 1 saturated heterocycles. The van der Waals surface area contributed by atoms with Gasteiger partial charge in [0.25, 0.3) is 0 Å². The number of carboxylic acids is 1. The van der Waals surface area contributed by atoms with E-state index in [4.69, 9.17) is 5.73 Å². The number of nitrogens with zero attached hydrogens (tertiary/aromatic N) is 1. The van der Waals surface area contributed by atoms with Crippen LogP contribution >= 0.6 is 12.6 Å². The summed E-state index contributed by atoms with van der Waals surface area (Å²) in [5, 5.41) is 18.6. The Labute approximate surface area is 179 Å². The molecule has 7 nitrogen and oxygen atoms in total. The Balaban J connectivity index is 2.00. The number of aliphatic carboxylic acids is 1. The molecular formula is C22H24N2O5S. The monoisotopic (exact) mass is 428 g/mol. The molecule has 1 aliphatic heterocycles. The lowest BCUT2D eigenvalue weighted by Gasteiger charge is -2.38. The highest BCUT2D eigenvalue weighted by molar-refractivity contribution is 7.81. The number of rotatable bonds is 7. The molecule has 0 radical (unpaired) electrons. The van der Waals surface area contributed by atoms with Gasteiger partial charge in [0.05, 0.1) is 17.8 Å². The molecule has 1 amide bonds. The molecule has 0 spiro atoms. The smallest absolute Gasteiger partial charge is 0.337 e. The minimum Gasteiger partial charge on any atom is -0.508 e. The van der Waals surface area contributed by atoms with Gasteiger partial charge in [-0.2, -0.15) is 12.6 Å². The van der Waals surface area contributed by atoms with E-state index in [9.17, 15) is 24.6 Å². The van der Waals surface area contributed by atoms with Gasteiger partial charge in [-0.1, -0.05) is 42.5 Å². The molecule has 3 unspecified atom stereocenters. The maximum atomic E-state index is 13.5. The summed E-state index contributed by atoms with van der Waals surface area (Å²) in [5.74, 6) is -2.52. The van der Waals surface area contributed by atoms with Gasteiger partial charge in [0, 0.05) is 0 Å². The third-order valence-electron chi connectivity index (χ3n) is 5.58. The van der Waals surface area contributed by atoms with Crippen LogP contribution < -0.4 is 5.73 Å². The van der Waals surface area contributed by atoms with Crippen molar-refractivity contribution in [2.45, 2.75) is 36.1 Å². The average molecular weight is 429 g/mol. The molecule has 0 aromatic heterocycles. The van der Waals surface area contributed by atoms with Crippen LogP contribution in [0.5, 0.6) is 5.75 Å². The van der Waals surface area contributed by atoms with E-state index in [1.807, 2.05) is 18.2 Å². The number of aromatic hydroxyl groups is 1. The third kappa shape index (κ3) is 3.93. The highest BCUT2D eigenvalue weighted by Gasteiger charge is 2.59. The second-order valence-corrected chi connectivity index (χ2v) is 7.98. The van der Waals surface area contributed by atoms with Crippen molar-refractivity contribution in [3.63, 3.8) is 0 Å². The van der Waals surface area contributed by atoms with Crippen molar-refractivity contribution in [2.24, 2.45) is 5.73 Å². The SMILES string of the molecule is NCC(=O)C1(C(=O)O)CCC(c2ccccc2)N1C(=O)C(S)Cc1ccc(O)cc1. The summed E-state index contributed by atoms with van der Waals surface area (Å²) < 4.78 is 0. The van der Waals surface area contributed by atoms with E-state index in [0.29, 0.717) is 6.42 Å². The largest absolute Gasteiger partial charge is 0.508 e. The minimum absolute atomic E-state index is 0.0105. The number of hydrogen-bond donors (Lipinski definition) is 4. The summed E-state index contributed by atoms with van der Waals surface area (Å²) >= 11 is 4.45. The standard InChI is InChI=1S/C22H24N2O5S/c23-13-19(26)22(21(28)29)11-10-17(15-4-2-1-3-5-15)24(22)20(27)18(30)12-14-6-8-16(25)9-7-14/h1-9,17-18,25,30H,10-13,23H2,(H,28,29). The molecule has 1 aliphatic rings. The summed E-state index contributed by atoms with van der Waals surface area (Å²) in [4.78, 5) is 39.7. The fraction of sp³-hybridized carbons (Fsp3) is 0.318. The van der Waals surface area contributed by atoms with E-state index in [1.165, 1.54) is 17.0 Å². The fourth-order valence-electron chi connectivity index (χ4n) is 4.07. The topological polar surface area (TPSA) is 121 Å². The Bertz CT molecular complexity index is 934. The molecule has 30 heavy (non-hydrogen) atoms. The van der Waals surface area contributed by atoms with Crippen LogP contribution in [0.1, 0.15) is 30.0 Å². The van der Waals surface area contributed by atoms with Gasteiger partial charge in [0.2, 0.25) is 11.4 Å². The van der Waals surface area contributed by atoms with Crippen LogP contribution in [0.25, 0.3) is 0 Å². The number of amides is 1. The molecule has 1 fully saturated rings. The van der Waals surface area contributed by atoms with Gasteiger partial charge in [-0.25, -0.2) is 4.79 Å². The van der Waals surface area contributed by atoms with Gasteiger partial charge in [-0.05, 0) is 42.5 Å². The van der Waals surface area contributed by atoms with Gasteiger partial charge >= 0.3 is 5.97 Å². The van der Waals surface area contributed by atoms with Crippen molar-refractivity contribution in [2.75, 3.05) is 6.54 Å². The molecule has 3 atom stereocenters. The summed E-state index contributed by atoms with van der Waals surface area (Å²) in [6.07, 6.45) is 0.531. The Morgan fingerprint density at radius 2 is 1.77 bits per heavy atom. The van der Waals surface area contributed by atoms with Crippen LogP contribution in [0.4, 0.5) is 0 Å². The normalized spacial score (nSPS) is 21.9. The van der Waals surface area contributed by atoms with Crippen LogP contribution in [0.3, 0.4) is 0 Å². The van der Waals surface area contributed by atoms with E-state index in [0.717, 1.165) is 11.1 Å². The number of thiol groups is 1. The van der Waals surface area contributed by atoms with Crippen LogP contribution in [0, 0.1) is 0 Å². The zero-order valence-electron chi connectivity index (χ0n) is 16.3. The van der Waals surface area contributed by atoms with Crippen molar-refractivity contribution in [1.29, 1.82) is 0 Å². The molecule has 0 saturated carbocycles. The molecule has 4 N–H and O–H groups in total. The lowest BCUT2D eigenvalue weighted by Crippen LogP contribution is -2.62. The predicted octanol–water partition coefficient (Wildman–Crippen LogP) is 1.95. The Hall–Kier alpha value is -2.84. The lowest BCUT2D eigenvalue weighted by molar-refractivity contribution is -0.163. The second kappa shape index (κ2) is 8.89. The number of benzene rings is 2. The highest BCUT2D eigenvalue weighted by atomic mass is 32.1. The molecular weight excluding hydrogens is 404 g/mol. The first-order chi connectivity index (χ1) is 14.3. The maximum Gasteiger partial charge on any atom is 0.337 e. The number of phenols is 1. The Morgan fingerprint density at radius 3 is 2.33 bits per heavy atom. The first-order valence-corrected chi connectivity index (χ1v) is 10.1. The number of nitrogens with two attached hydrogens (primary N) is 1. The summed E-state index contributed by atoms with van der Waals surface area (Å²) in [6, 6.07) is 14.8. The van der Waals surface area contributed by atoms with Crippen molar-refractivity contribution >= 4 is 30.3 Å². The number of ketones is 1. The van der Waals surface area contributed by atoms with Gasteiger partial charge in [0.1, 0.15) is 5.75 Å². The van der Waals surface area contributed by atoms with Gasteiger partial charge < -0.3 is 20.8 Å². The summed E-state index contributed by atoms with van der Waals surface area (Å²) in [5.41, 5.74) is 5.04. The van der Waals surface area contributed by atoms with Crippen molar-refractivity contribution < 1.29 is 24.6 Å². The van der Waals surface area contributed by atoms with Crippen LogP contribution in [-0.2, 0) is 20.8 Å². The maximum absolute atomic E-state index is 13.5. The third-order valence-corrected chi connectivity index (χ3v) is 5.98. The minimum atomic E-state index is -2.01. The van der Waals surface area contributed by atoms with E-state index in [-0.39, 0.29) is 18.6 Å². The summed E-state index contributed by atoms with van der Waals surface area (Å²) in [6.45, 7) is -0.479. The van der Waals surface area contributed by atoms with E-state index < -0.39 is 41.0 Å². The predicted molar refractivity (Wildman–Crippen MR) is 114 cm³/mol. The molecule has 1 heterocycles. The van der Waals surface area contributed by atoms with E-state index in [2.05, 4.69) is 12.6 Å². The van der Waals surface area contributed by atoms with Crippen LogP contribution in [0.2, 0.25) is 0 Å². The van der Waals surface area contributed by atoms with Crippen molar-refractivity contribution in [3.8, 4) is 5.75 Å². The number of carboxylic acid groups (broad SMARTS) is 1.